The van der Waals surface area contributed by atoms with E-state index < -0.39 is 118 Å². The van der Waals surface area contributed by atoms with Crippen LogP contribution in [0, 0.1) is 0 Å². The van der Waals surface area contributed by atoms with Gasteiger partial charge in [-0.1, -0.05) is 0 Å². The summed E-state index contributed by atoms with van der Waals surface area (Å²) in [6, 6.07) is 0. The van der Waals surface area contributed by atoms with Crippen LogP contribution in [0.3, 0.4) is 0 Å². The minimum absolute atomic E-state index is 0.0258. The number of aldehydes is 4. The monoisotopic (exact) mass is 690 g/mol. The molecule has 0 aliphatic rings. The number of carbonyl (C=O) groups excluding carboxylic acids is 4. The summed E-state index contributed by atoms with van der Waals surface area (Å²) in [6.07, 6.45) is -25.1. The summed E-state index contributed by atoms with van der Waals surface area (Å²) in [5.74, 6) is 0. The van der Waals surface area contributed by atoms with Crippen molar-refractivity contribution in [2.24, 2.45) is 0 Å². The number of rotatable bonds is 19. The molecule has 15 atom stereocenters. The summed E-state index contributed by atoms with van der Waals surface area (Å²) >= 11 is 0. The minimum atomic E-state index is -1.79. The molecule has 0 saturated carbocycles. The fourth-order valence-electron chi connectivity index (χ4n) is 2.27. The van der Waals surface area contributed by atoms with E-state index in [1.165, 1.54) is 0 Å². The van der Waals surface area contributed by atoms with E-state index in [9.17, 15) is 19.2 Å². The highest BCUT2D eigenvalue weighted by Gasteiger charge is 2.31. The Balaban J connectivity index is -0.000000256. The number of aliphatic hydroxyl groups excluding tert-OH is 19. The first-order valence-corrected chi connectivity index (χ1v) is 12.7. The zero-order valence-electron chi connectivity index (χ0n) is 23.9. The highest BCUT2D eigenvalue weighted by molar-refractivity contribution is 5.57. The number of aliphatic hydroxyl groups is 19. The molecule has 23 heteroatoms. The van der Waals surface area contributed by atoms with Crippen LogP contribution < -0.4 is 0 Å². The predicted octanol–water partition coefficient (Wildman–Crippen LogP) is -12.9. The summed E-state index contributed by atoms with van der Waals surface area (Å²) in [5.41, 5.74) is 0. The first-order chi connectivity index (χ1) is 21.2. The second-order valence-corrected chi connectivity index (χ2v) is 8.94. The topological polar surface area (TPSA) is 453 Å². The molecule has 0 saturated heterocycles. The summed E-state index contributed by atoms with van der Waals surface area (Å²) in [4.78, 5) is 39.5. The Kier molecular flexibility index (Phi) is 32.1. The Morgan fingerprint density at radius 1 is 0.283 bits per heavy atom. The van der Waals surface area contributed by atoms with Crippen molar-refractivity contribution >= 4 is 25.1 Å². The van der Waals surface area contributed by atoms with Crippen LogP contribution in [0.4, 0.5) is 0 Å². The Bertz CT molecular complexity index is 685. The van der Waals surface area contributed by atoms with Gasteiger partial charge < -0.3 is 116 Å². The molecule has 19 N–H and O–H groups in total. The molecule has 0 aliphatic heterocycles. The molecular formula is C23H46O23. The van der Waals surface area contributed by atoms with E-state index >= 15 is 0 Å². The average molecular weight is 691 g/mol. The lowest BCUT2D eigenvalue weighted by molar-refractivity contribution is -0.136. The van der Waals surface area contributed by atoms with Gasteiger partial charge in [0.15, 0.2) is 25.1 Å². The van der Waals surface area contributed by atoms with Crippen LogP contribution in [-0.2, 0) is 19.2 Å². The zero-order chi connectivity index (χ0) is 37.3. The van der Waals surface area contributed by atoms with Crippen LogP contribution in [0.1, 0.15) is 0 Å². The SMILES string of the molecule is O=C[C@H](O)[C@@H](O)[C@@H](O)[C@H](O)CO.O=C[C@H](O)[C@@H](O)[C@@H](O)[C@H](O)CO.O=C[C@H](O)[C@@H](O)[C@H](O)CO.O=C[C@H](O)[C@@H](O)[C@H](O)[C@H](O)CO. The van der Waals surface area contributed by atoms with Crippen LogP contribution in [-0.4, -0.2) is 240 Å². The first kappa shape index (κ1) is 50.8. The molecule has 0 fully saturated rings. The molecule has 0 rings (SSSR count). The van der Waals surface area contributed by atoms with Gasteiger partial charge >= 0.3 is 0 Å². The third kappa shape index (κ3) is 20.9. The van der Waals surface area contributed by atoms with E-state index in [4.69, 9.17) is 97.0 Å². The Morgan fingerprint density at radius 3 is 0.587 bits per heavy atom. The Labute approximate surface area is 260 Å². The molecule has 0 unspecified atom stereocenters. The van der Waals surface area contributed by atoms with Crippen molar-refractivity contribution in [1.82, 2.24) is 0 Å². The molecule has 23 nitrogen and oxygen atoms in total. The number of hydrogen-bond acceptors (Lipinski definition) is 23. The minimum Gasteiger partial charge on any atom is -0.394 e. The van der Waals surface area contributed by atoms with Crippen molar-refractivity contribution < 1.29 is 116 Å². The van der Waals surface area contributed by atoms with Crippen molar-refractivity contribution in [3.05, 3.63) is 0 Å². The second-order valence-electron chi connectivity index (χ2n) is 8.94. The fourth-order valence-corrected chi connectivity index (χ4v) is 2.27. The van der Waals surface area contributed by atoms with Gasteiger partial charge in [0, 0.05) is 0 Å². The third-order valence-electron chi connectivity index (χ3n) is 5.33. The largest absolute Gasteiger partial charge is 0.394 e. The molecule has 0 bridgehead atoms. The zero-order valence-corrected chi connectivity index (χ0v) is 23.9. The van der Waals surface area contributed by atoms with Crippen molar-refractivity contribution in [3.8, 4) is 0 Å². The van der Waals surface area contributed by atoms with Crippen LogP contribution in [0.5, 0.6) is 0 Å². The van der Waals surface area contributed by atoms with Crippen LogP contribution >= 0.6 is 0 Å². The molecule has 0 amide bonds. The molecule has 0 spiro atoms. The molecule has 0 aromatic carbocycles. The summed E-state index contributed by atoms with van der Waals surface area (Å²) in [7, 11) is 0. The van der Waals surface area contributed by atoms with Gasteiger partial charge in [-0.2, -0.15) is 0 Å². The molecule has 46 heavy (non-hydrogen) atoms. The van der Waals surface area contributed by atoms with Crippen LogP contribution in [0.25, 0.3) is 0 Å². The van der Waals surface area contributed by atoms with Gasteiger partial charge in [0.2, 0.25) is 0 Å². The summed E-state index contributed by atoms with van der Waals surface area (Å²) < 4.78 is 0. The molecule has 0 radical (unpaired) electrons. The Hall–Kier alpha value is -2.08. The second kappa shape index (κ2) is 29.1. The highest BCUT2D eigenvalue weighted by atomic mass is 16.4. The van der Waals surface area contributed by atoms with Gasteiger partial charge in [-0.05, 0) is 0 Å². The lowest BCUT2D eigenvalue weighted by Crippen LogP contribution is -2.46. The van der Waals surface area contributed by atoms with E-state index in [-0.39, 0.29) is 25.1 Å². The molecule has 0 heterocycles. The van der Waals surface area contributed by atoms with Gasteiger partial charge in [-0.25, -0.2) is 0 Å². The molecule has 276 valence electrons. The van der Waals surface area contributed by atoms with Crippen LogP contribution in [0.15, 0.2) is 0 Å². The maximum absolute atomic E-state index is 9.90. The molecular weight excluding hydrogens is 644 g/mol. The lowest BCUT2D eigenvalue weighted by Gasteiger charge is -2.22. The predicted molar refractivity (Wildman–Crippen MR) is 143 cm³/mol. The third-order valence-corrected chi connectivity index (χ3v) is 5.33. The van der Waals surface area contributed by atoms with E-state index in [1.807, 2.05) is 0 Å². The van der Waals surface area contributed by atoms with Gasteiger partial charge in [0.1, 0.15) is 91.6 Å². The maximum Gasteiger partial charge on any atom is 0.151 e. The van der Waals surface area contributed by atoms with Gasteiger partial charge in [-0.3, -0.25) is 0 Å². The van der Waals surface area contributed by atoms with Gasteiger partial charge in [-0.15, -0.1) is 0 Å². The van der Waals surface area contributed by atoms with Crippen molar-refractivity contribution in [2.75, 3.05) is 26.4 Å². The normalized spacial score (nSPS) is 20.8. The molecule has 0 aliphatic carbocycles. The van der Waals surface area contributed by atoms with Crippen molar-refractivity contribution in [1.29, 1.82) is 0 Å². The molecule has 0 aromatic heterocycles. The highest BCUT2D eigenvalue weighted by Crippen LogP contribution is 2.05. The van der Waals surface area contributed by atoms with E-state index in [0.717, 1.165) is 0 Å². The van der Waals surface area contributed by atoms with Crippen LogP contribution in [0.2, 0.25) is 0 Å². The number of hydrogen-bond donors (Lipinski definition) is 19. The quantitative estimate of drug-likeness (QED) is 0.0559. The van der Waals surface area contributed by atoms with E-state index in [2.05, 4.69) is 0 Å². The fraction of sp³-hybridized carbons (Fsp3) is 0.826. The van der Waals surface area contributed by atoms with Crippen molar-refractivity contribution in [2.45, 2.75) is 91.6 Å². The van der Waals surface area contributed by atoms with E-state index in [1.54, 1.807) is 0 Å². The number of carbonyl (C=O) groups is 4. The smallest absolute Gasteiger partial charge is 0.151 e. The summed E-state index contributed by atoms with van der Waals surface area (Å²) in [6.45, 7) is -2.97. The summed E-state index contributed by atoms with van der Waals surface area (Å²) in [5, 5.41) is 165. The van der Waals surface area contributed by atoms with Gasteiger partial charge in [0.05, 0.1) is 26.4 Å². The van der Waals surface area contributed by atoms with Gasteiger partial charge in [0.25, 0.3) is 0 Å². The molecule has 0 aromatic rings. The first-order valence-electron chi connectivity index (χ1n) is 12.7. The Morgan fingerprint density at radius 2 is 0.435 bits per heavy atom. The maximum atomic E-state index is 9.90. The van der Waals surface area contributed by atoms with Crippen molar-refractivity contribution in [3.63, 3.8) is 0 Å². The van der Waals surface area contributed by atoms with E-state index in [0.29, 0.717) is 0 Å². The standard InChI is InChI=1S/3C6H12O6.C5H10O5/c3*7-1-3(9)5(11)6(12)4(10)2-8;6-1-3(8)5(10)4(9)2-7/h3*1,3-6,8-12H,2H2;1,3-5,7-10H,2H2/t3-,4+,5+,6+;2*3-,4+,5+,6-;3-,4+,5+/m0000/s1. The lowest BCUT2D eigenvalue weighted by atomic mass is 10.0. The average Bonchev–Trinajstić information content (AvgIpc) is 3.09.